The van der Waals surface area contributed by atoms with Crippen LogP contribution in [0, 0.1) is 6.92 Å². The van der Waals surface area contributed by atoms with Gasteiger partial charge in [0.2, 0.25) is 5.91 Å². The second kappa shape index (κ2) is 6.77. The van der Waals surface area contributed by atoms with Gasteiger partial charge in [0.05, 0.1) is 18.4 Å². The average molecular weight is 357 g/mol. The number of hydrogen-bond acceptors (Lipinski definition) is 4. The van der Waals surface area contributed by atoms with Gasteiger partial charge in [0.25, 0.3) is 0 Å². The number of carbonyl (C=O) groups excluding carboxylic acids is 1. The highest BCUT2D eigenvalue weighted by atomic mass is 19.4. The van der Waals surface area contributed by atoms with Crippen LogP contribution in [0.25, 0.3) is 0 Å². The second-order valence-electron chi connectivity index (χ2n) is 6.02. The zero-order chi connectivity index (χ0) is 18.0. The van der Waals surface area contributed by atoms with E-state index in [1.54, 1.807) is 12.4 Å². The second-order valence-corrected chi connectivity index (χ2v) is 6.02. The van der Waals surface area contributed by atoms with E-state index in [1.807, 2.05) is 0 Å². The molecule has 1 fully saturated rings. The SMILES string of the molecule is Cc1cc(C(F)(F)F)nn1CC(=O)N[C@H]1CCC[C@H]1Oc1cn[nH]c1. The predicted molar refractivity (Wildman–Crippen MR) is 80.8 cm³/mol. The first kappa shape index (κ1) is 17.3. The maximum absolute atomic E-state index is 12.7. The fraction of sp³-hybridized carbons (Fsp3) is 0.533. The van der Waals surface area contributed by atoms with E-state index in [0.29, 0.717) is 5.75 Å². The van der Waals surface area contributed by atoms with Crippen LogP contribution in [-0.2, 0) is 17.5 Å². The number of rotatable bonds is 5. The lowest BCUT2D eigenvalue weighted by atomic mass is 10.2. The summed E-state index contributed by atoms with van der Waals surface area (Å²) in [6, 6.07) is 0.730. The number of ether oxygens (including phenoxy) is 1. The van der Waals surface area contributed by atoms with Crippen molar-refractivity contribution in [3.05, 3.63) is 29.8 Å². The molecule has 0 bridgehead atoms. The van der Waals surface area contributed by atoms with Gasteiger partial charge in [-0.1, -0.05) is 0 Å². The number of amides is 1. The molecule has 2 aromatic rings. The highest BCUT2D eigenvalue weighted by Gasteiger charge is 2.35. The summed E-state index contributed by atoms with van der Waals surface area (Å²) in [6.45, 7) is 1.22. The van der Waals surface area contributed by atoms with Crippen LogP contribution in [0.2, 0.25) is 0 Å². The number of alkyl halides is 3. The summed E-state index contributed by atoms with van der Waals surface area (Å²) in [5.74, 6) is 0.191. The van der Waals surface area contributed by atoms with Gasteiger partial charge in [0.1, 0.15) is 12.6 Å². The molecule has 7 nitrogen and oxygen atoms in total. The van der Waals surface area contributed by atoms with Crippen molar-refractivity contribution in [2.45, 2.75) is 51.1 Å². The smallest absolute Gasteiger partial charge is 0.435 e. The largest absolute Gasteiger partial charge is 0.485 e. The third-order valence-corrected chi connectivity index (χ3v) is 4.12. The Morgan fingerprint density at radius 3 is 2.92 bits per heavy atom. The van der Waals surface area contributed by atoms with E-state index in [2.05, 4.69) is 20.6 Å². The van der Waals surface area contributed by atoms with Crippen LogP contribution < -0.4 is 10.1 Å². The van der Waals surface area contributed by atoms with Crippen molar-refractivity contribution in [3.63, 3.8) is 0 Å². The van der Waals surface area contributed by atoms with Gasteiger partial charge in [-0.2, -0.15) is 23.4 Å². The number of aryl methyl sites for hydroxylation is 1. The van der Waals surface area contributed by atoms with Crippen LogP contribution in [-0.4, -0.2) is 38.0 Å². The highest BCUT2D eigenvalue weighted by molar-refractivity contribution is 5.76. The van der Waals surface area contributed by atoms with Crippen molar-refractivity contribution >= 4 is 5.91 Å². The Morgan fingerprint density at radius 2 is 2.28 bits per heavy atom. The Bertz CT molecular complexity index is 726. The van der Waals surface area contributed by atoms with Crippen LogP contribution in [0.3, 0.4) is 0 Å². The van der Waals surface area contributed by atoms with Crippen LogP contribution in [0.4, 0.5) is 13.2 Å². The molecule has 2 atom stereocenters. The minimum atomic E-state index is -4.53. The third-order valence-electron chi connectivity index (χ3n) is 4.12. The molecule has 136 valence electrons. The average Bonchev–Trinajstić information content (AvgIpc) is 3.23. The predicted octanol–water partition coefficient (Wildman–Crippen LogP) is 2.05. The number of aromatic nitrogens is 4. The van der Waals surface area contributed by atoms with E-state index in [1.165, 1.54) is 6.92 Å². The fourth-order valence-corrected chi connectivity index (χ4v) is 2.91. The molecule has 0 saturated heterocycles. The van der Waals surface area contributed by atoms with E-state index in [9.17, 15) is 18.0 Å². The molecule has 25 heavy (non-hydrogen) atoms. The quantitative estimate of drug-likeness (QED) is 0.858. The van der Waals surface area contributed by atoms with E-state index in [-0.39, 0.29) is 24.4 Å². The molecule has 0 radical (unpaired) electrons. The molecule has 2 heterocycles. The molecule has 0 aliphatic heterocycles. The van der Waals surface area contributed by atoms with Crippen LogP contribution in [0.1, 0.15) is 30.7 Å². The molecule has 2 aromatic heterocycles. The van der Waals surface area contributed by atoms with Gasteiger partial charge in [-0.15, -0.1) is 0 Å². The molecule has 1 aliphatic carbocycles. The molecule has 1 amide bonds. The molecule has 3 rings (SSSR count). The first-order valence-electron chi connectivity index (χ1n) is 7.89. The molecule has 1 saturated carbocycles. The molecule has 0 aromatic carbocycles. The number of nitrogens with zero attached hydrogens (tertiary/aromatic N) is 3. The summed E-state index contributed by atoms with van der Waals surface area (Å²) in [5.41, 5.74) is -0.722. The monoisotopic (exact) mass is 357 g/mol. The minimum Gasteiger partial charge on any atom is -0.485 e. The number of H-pyrrole nitrogens is 1. The van der Waals surface area contributed by atoms with Crippen molar-refractivity contribution in [2.24, 2.45) is 0 Å². The molecule has 10 heteroatoms. The summed E-state index contributed by atoms with van der Waals surface area (Å²) in [7, 11) is 0. The first-order valence-corrected chi connectivity index (χ1v) is 7.89. The lowest BCUT2D eigenvalue weighted by Crippen LogP contribution is -2.43. The molecular weight excluding hydrogens is 339 g/mol. The number of carbonyl (C=O) groups is 1. The number of aromatic amines is 1. The molecule has 1 aliphatic rings. The molecule has 0 spiro atoms. The van der Waals surface area contributed by atoms with E-state index in [4.69, 9.17) is 4.74 Å². The van der Waals surface area contributed by atoms with Crippen LogP contribution >= 0.6 is 0 Å². The minimum absolute atomic E-state index is 0.189. The normalized spacial score (nSPS) is 20.6. The fourth-order valence-electron chi connectivity index (χ4n) is 2.91. The van der Waals surface area contributed by atoms with Gasteiger partial charge in [0.15, 0.2) is 11.4 Å². The van der Waals surface area contributed by atoms with Crippen LogP contribution in [0.15, 0.2) is 18.5 Å². The van der Waals surface area contributed by atoms with Gasteiger partial charge in [-0.05, 0) is 32.3 Å². The van der Waals surface area contributed by atoms with Crippen molar-refractivity contribution in [1.82, 2.24) is 25.3 Å². The van der Waals surface area contributed by atoms with E-state index >= 15 is 0 Å². The van der Waals surface area contributed by atoms with E-state index in [0.717, 1.165) is 30.0 Å². The molecule has 2 N–H and O–H groups in total. The van der Waals surface area contributed by atoms with Crippen molar-refractivity contribution in [1.29, 1.82) is 0 Å². The van der Waals surface area contributed by atoms with Crippen molar-refractivity contribution in [3.8, 4) is 5.75 Å². The maximum atomic E-state index is 12.7. The van der Waals surface area contributed by atoms with Crippen molar-refractivity contribution in [2.75, 3.05) is 0 Å². The maximum Gasteiger partial charge on any atom is 0.435 e. The summed E-state index contributed by atoms with van der Waals surface area (Å²) in [4.78, 5) is 12.2. The van der Waals surface area contributed by atoms with Gasteiger partial charge in [-0.3, -0.25) is 14.6 Å². The van der Waals surface area contributed by atoms with Gasteiger partial charge in [0, 0.05) is 5.69 Å². The number of nitrogens with one attached hydrogen (secondary N) is 2. The summed E-state index contributed by atoms with van der Waals surface area (Å²) in [5, 5.41) is 12.7. The summed E-state index contributed by atoms with van der Waals surface area (Å²) < 4.78 is 44.9. The lowest BCUT2D eigenvalue weighted by molar-refractivity contribution is -0.141. The van der Waals surface area contributed by atoms with E-state index < -0.39 is 17.8 Å². The van der Waals surface area contributed by atoms with Gasteiger partial charge >= 0.3 is 6.18 Å². The zero-order valence-corrected chi connectivity index (χ0v) is 13.5. The Kier molecular flexibility index (Phi) is 4.69. The Labute approximate surface area is 141 Å². The van der Waals surface area contributed by atoms with Gasteiger partial charge < -0.3 is 10.1 Å². The topological polar surface area (TPSA) is 84.8 Å². The third kappa shape index (κ3) is 4.12. The molecular formula is C15H18F3N5O2. The number of halogens is 3. The Morgan fingerprint density at radius 1 is 1.48 bits per heavy atom. The summed E-state index contributed by atoms with van der Waals surface area (Å²) in [6.07, 6.45) is 0.876. The lowest BCUT2D eigenvalue weighted by Gasteiger charge is -2.21. The summed E-state index contributed by atoms with van der Waals surface area (Å²) >= 11 is 0. The molecule has 0 unspecified atom stereocenters. The Hall–Kier alpha value is -2.52. The number of hydrogen-bond donors (Lipinski definition) is 2. The zero-order valence-electron chi connectivity index (χ0n) is 13.5. The van der Waals surface area contributed by atoms with Crippen LogP contribution in [0.5, 0.6) is 5.75 Å². The van der Waals surface area contributed by atoms with Crippen molar-refractivity contribution < 1.29 is 22.7 Å². The first-order chi connectivity index (χ1) is 11.8. The van der Waals surface area contributed by atoms with Gasteiger partial charge in [-0.25, -0.2) is 0 Å². The highest BCUT2D eigenvalue weighted by Crippen LogP contribution is 2.28. The standard InChI is InChI=1S/C15H18F3N5O2/c1-9-5-13(15(16,17)18)22-23(9)8-14(24)21-11-3-2-4-12(11)25-10-6-19-20-7-10/h5-7,11-12H,2-4,8H2,1H3,(H,19,20)(H,21,24)/t11-,12+/m0/s1. The Balaban J connectivity index is 1.59.